The van der Waals surface area contributed by atoms with Crippen LogP contribution in [0.3, 0.4) is 0 Å². The zero-order chi connectivity index (χ0) is 14.9. The van der Waals surface area contributed by atoms with E-state index in [2.05, 4.69) is 49.4 Å². The summed E-state index contributed by atoms with van der Waals surface area (Å²) in [6.07, 6.45) is 6.18. The van der Waals surface area contributed by atoms with Crippen molar-refractivity contribution < 1.29 is 4.42 Å². The number of unbranched alkanes of at least 4 members (excludes halogenated alkanes) is 3. The van der Waals surface area contributed by atoms with Gasteiger partial charge in [-0.3, -0.25) is 0 Å². The number of aryl methyl sites for hydroxylation is 1. The van der Waals surface area contributed by atoms with Gasteiger partial charge in [0.2, 0.25) is 0 Å². The predicted molar refractivity (Wildman–Crippen MR) is 96.9 cm³/mol. The third kappa shape index (κ3) is 2.32. The van der Waals surface area contributed by atoms with Crippen LogP contribution in [0.2, 0.25) is 0 Å². The lowest BCUT2D eigenvalue weighted by molar-refractivity contribution is 0.529. The van der Waals surface area contributed by atoms with E-state index >= 15 is 0 Å². The Morgan fingerprint density at radius 2 is 1.86 bits per heavy atom. The van der Waals surface area contributed by atoms with Gasteiger partial charge in [0, 0.05) is 27.3 Å². The molecule has 1 nitrogen and oxygen atoms in total. The summed E-state index contributed by atoms with van der Waals surface area (Å²) in [6, 6.07) is 15.3. The lowest BCUT2D eigenvalue weighted by Gasteiger charge is -1.96. The lowest BCUT2D eigenvalue weighted by atomic mass is 10.1. The van der Waals surface area contributed by atoms with Crippen LogP contribution in [0.1, 0.15) is 38.4 Å². The molecule has 0 amide bonds. The summed E-state index contributed by atoms with van der Waals surface area (Å²) in [5.74, 6) is 1.14. The molecule has 0 aliphatic rings. The van der Waals surface area contributed by atoms with E-state index in [1.807, 2.05) is 11.3 Å². The molecule has 0 aliphatic heterocycles. The molecule has 22 heavy (non-hydrogen) atoms. The van der Waals surface area contributed by atoms with Gasteiger partial charge in [0.1, 0.15) is 5.76 Å². The van der Waals surface area contributed by atoms with Gasteiger partial charge in [0.15, 0.2) is 5.58 Å². The van der Waals surface area contributed by atoms with Crippen LogP contribution in [0.25, 0.3) is 31.1 Å². The first-order valence-corrected chi connectivity index (χ1v) is 9.01. The zero-order valence-electron chi connectivity index (χ0n) is 12.9. The van der Waals surface area contributed by atoms with Crippen LogP contribution < -0.4 is 0 Å². The van der Waals surface area contributed by atoms with E-state index in [4.69, 9.17) is 4.42 Å². The molecule has 4 aromatic rings. The number of furan rings is 1. The highest BCUT2D eigenvalue weighted by Crippen LogP contribution is 2.39. The van der Waals surface area contributed by atoms with Gasteiger partial charge in [0.25, 0.3) is 0 Å². The summed E-state index contributed by atoms with van der Waals surface area (Å²) in [4.78, 5) is 0. The highest BCUT2D eigenvalue weighted by molar-refractivity contribution is 7.26. The van der Waals surface area contributed by atoms with E-state index in [1.165, 1.54) is 51.2 Å². The first-order valence-electron chi connectivity index (χ1n) is 8.19. The second-order valence-electron chi connectivity index (χ2n) is 5.98. The molecule has 0 radical (unpaired) electrons. The number of hydrogen-bond donors (Lipinski definition) is 0. The van der Waals surface area contributed by atoms with Crippen molar-refractivity contribution in [3.63, 3.8) is 0 Å². The van der Waals surface area contributed by atoms with Gasteiger partial charge in [-0.1, -0.05) is 56.5 Å². The van der Waals surface area contributed by atoms with Gasteiger partial charge in [0.05, 0.1) is 4.70 Å². The average molecular weight is 308 g/mol. The van der Waals surface area contributed by atoms with Crippen LogP contribution in [0, 0.1) is 0 Å². The Morgan fingerprint density at radius 1 is 0.955 bits per heavy atom. The molecule has 0 spiro atoms. The molecule has 2 heterocycles. The van der Waals surface area contributed by atoms with Crippen LogP contribution in [0.4, 0.5) is 0 Å². The van der Waals surface area contributed by atoms with Crippen LogP contribution in [-0.4, -0.2) is 0 Å². The summed E-state index contributed by atoms with van der Waals surface area (Å²) < 4.78 is 8.83. The SMILES string of the molecule is CCCCCCc1cc2ccc3c4ccccc4sc3c2o1. The van der Waals surface area contributed by atoms with Crippen molar-refractivity contribution in [2.75, 3.05) is 0 Å². The molecule has 2 aromatic carbocycles. The number of hydrogen-bond acceptors (Lipinski definition) is 2. The van der Waals surface area contributed by atoms with E-state index in [0.29, 0.717) is 0 Å². The van der Waals surface area contributed by atoms with Gasteiger partial charge in [-0.05, 0) is 18.6 Å². The normalized spacial score (nSPS) is 11.9. The van der Waals surface area contributed by atoms with Crippen LogP contribution in [0.5, 0.6) is 0 Å². The first kappa shape index (κ1) is 13.8. The monoisotopic (exact) mass is 308 g/mol. The van der Waals surface area contributed by atoms with E-state index in [-0.39, 0.29) is 0 Å². The summed E-state index contributed by atoms with van der Waals surface area (Å²) in [6.45, 7) is 2.25. The molecular formula is C20H20OS. The standard InChI is InChI=1S/C20H20OS/c1-2-3-4-5-8-15-13-14-11-12-17-16-9-6-7-10-18(16)22-20(17)19(14)21-15/h6-7,9-13H,2-5,8H2,1H3. The topological polar surface area (TPSA) is 13.1 Å². The van der Waals surface area contributed by atoms with Gasteiger partial charge in [-0.15, -0.1) is 11.3 Å². The Kier molecular flexibility index (Phi) is 3.63. The van der Waals surface area contributed by atoms with E-state index in [1.54, 1.807) is 0 Å². The highest BCUT2D eigenvalue weighted by atomic mass is 32.1. The van der Waals surface area contributed by atoms with Gasteiger partial charge >= 0.3 is 0 Å². The molecule has 2 aromatic heterocycles. The largest absolute Gasteiger partial charge is 0.460 e. The zero-order valence-corrected chi connectivity index (χ0v) is 13.7. The van der Waals surface area contributed by atoms with Crippen molar-refractivity contribution in [1.82, 2.24) is 0 Å². The van der Waals surface area contributed by atoms with Crippen LogP contribution in [0.15, 0.2) is 46.9 Å². The molecule has 112 valence electrons. The molecule has 0 saturated carbocycles. The van der Waals surface area contributed by atoms with Crippen molar-refractivity contribution in [2.24, 2.45) is 0 Å². The first-order chi connectivity index (χ1) is 10.9. The van der Waals surface area contributed by atoms with Crippen molar-refractivity contribution in [3.8, 4) is 0 Å². The van der Waals surface area contributed by atoms with Crippen molar-refractivity contribution in [3.05, 3.63) is 48.2 Å². The smallest absolute Gasteiger partial charge is 0.152 e. The minimum Gasteiger partial charge on any atom is -0.460 e. The lowest BCUT2D eigenvalue weighted by Crippen LogP contribution is -1.81. The van der Waals surface area contributed by atoms with Crippen LogP contribution >= 0.6 is 11.3 Å². The third-order valence-electron chi connectivity index (χ3n) is 4.36. The van der Waals surface area contributed by atoms with Gasteiger partial charge in [-0.25, -0.2) is 0 Å². The van der Waals surface area contributed by atoms with Crippen molar-refractivity contribution in [1.29, 1.82) is 0 Å². The summed E-state index contributed by atoms with van der Waals surface area (Å²) >= 11 is 1.84. The molecule has 0 fully saturated rings. The number of thiophene rings is 1. The summed E-state index contributed by atoms with van der Waals surface area (Å²) in [5.41, 5.74) is 1.07. The molecular weight excluding hydrogens is 288 g/mol. The third-order valence-corrected chi connectivity index (χ3v) is 5.54. The highest BCUT2D eigenvalue weighted by Gasteiger charge is 2.12. The maximum atomic E-state index is 6.20. The minimum atomic E-state index is 1.06. The molecule has 4 rings (SSSR count). The second-order valence-corrected chi connectivity index (χ2v) is 7.03. The minimum absolute atomic E-state index is 1.06. The van der Waals surface area contributed by atoms with E-state index in [0.717, 1.165) is 17.8 Å². The fraction of sp³-hybridized carbons (Fsp3) is 0.300. The Hall–Kier alpha value is -1.80. The number of fused-ring (bicyclic) bond motifs is 5. The number of benzene rings is 2. The molecule has 0 saturated heterocycles. The Bertz CT molecular complexity index is 929. The number of rotatable bonds is 5. The maximum Gasteiger partial charge on any atom is 0.152 e. The van der Waals surface area contributed by atoms with E-state index < -0.39 is 0 Å². The van der Waals surface area contributed by atoms with Gasteiger partial charge < -0.3 is 4.42 Å². The Balaban J connectivity index is 1.77. The molecule has 0 N–H and O–H groups in total. The van der Waals surface area contributed by atoms with Crippen molar-refractivity contribution in [2.45, 2.75) is 39.0 Å². The summed E-state index contributed by atoms with van der Waals surface area (Å²) in [5, 5.41) is 3.90. The van der Waals surface area contributed by atoms with Crippen molar-refractivity contribution >= 4 is 42.5 Å². The Morgan fingerprint density at radius 3 is 2.77 bits per heavy atom. The average Bonchev–Trinajstić information content (AvgIpc) is 3.12. The van der Waals surface area contributed by atoms with Crippen LogP contribution in [-0.2, 0) is 6.42 Å². The maximum absolute atomic E-state index is 6.20. The summed E-state index contributed by atoms with van der Waals surface area (Å²) in [7, 11) is 0. The predicted octanol–water partition coefficient (Wildman–Crippen LogP) is 6.92. The fourth-order valence-corrected chi connectivity index (χ4v) is 4.38. The molecule has 0 aliphatic carbocycles. The second kappa shape index (κ2) is 5.77. The molecule has 0 atom stereocenters. The van der Waals surface area contributed by atoms with Gasteiger partial charge in [-0.2, -0.15) is 0 Å². The van der Waals surface area contributed by atoms with E-state index in [9.17, 15) is 0 Å². The fourth-order valence-electron chi connectivity index (χ4n) is 3.18. The molecule has 0 unspecified atom stereocenters. The molecule has 0 bridgehead atoms. The molecule has 2 heteroatoms. The Labute approximate surface area is 134 Å². The quantitative estimate of drug-likeness (QED) is 0.364.